The van der Waals surface area contributed by atoms with E-state index in [0.717, 1.165) is 22.6 Å². The third-order valence-corrected chi connectivity index (χ3v) is 4.76. The topological polar surface area (TPSA) is 59.0 Å². The number of amides is 2. The molecule has 3 rings (SSSR count). The van der Waals surface area contributed by atoms with Gasteiger partial charge < -0.3 is 5.32 Å². The first-order chi connectivity index (χ1) is 13.1. The van der Waals surface area contributed by atoms with Crippen molar-refractivity contribution < 1.29 is 4.79 Å². The summed E-state index contributed by atoms with van der Waals surface area (Å²) in [4.78, 5) is 12.6. The van der Waals surface area contributed by atoms with E-state index in [2.05, 4.69) is 31.4 Å². The maximum Gasteiger partial charge on any atom is 0.324 e. The molecule has 3 aromatic rings. The maximum atomic E-state index is 12.6. The Balaban J connectivity index is 1.89. The molecule has 1 aromatic heterocycles. The lowest BCUT2D eigenvalue weighted by atomic mass is 9.92. The predicted molar refractivity (Wildman–Crippen MR) is 116 cm³/mol. The number of carbonyl (C=O) groups excluding carboxylic acids is 1. The molecule has 0 aliphatic carbocycles. The third kappa shape index (κ3) is 4.42. The van der Waals surface area contributed by atoms with Crippen LogP contribution in [0, 0.1) is 20.8 Å². The Morgan fingerprint density at radius 2 is 1.57 bits per heavy atom. The Bertz CT molecular complexity index is 994. The van der Waals surface area contributed by atoms with E-state index in [-0.39, 0.29) is 11.4 Å². The Kier molecular flexibility index (Phi) is 5.27. The van der Waals surface area contributed by atoms with Crippen molar-refractivity contribution >= 4 is 17.5 Å². The summed E-state index contributed by atoms with van der Waals surface area (Å²) in [5.41, 5.74) is 5.96. The average Bonchev–Trinajstić information content (AvgIpc) is 3.03. The van der Waals surface area contributed by atoms with Gasteiger partial charge in [-0.05, 0) is 56.2 Å². The van der Waals surface area contributed by atoms with Gasteiger partial charge >= 0.3 is 6.03 Å². The van der Waals surface area contributed by atoms with Crippen molar-refractivity contribution in [2.45, 2.75) is 47.0 Å². The minimum absolute atomic E-state index is 0.128. The molecule has 0 saturated carbocycles. The predicted octanol–water partition coefficient (Wildman–Crippen LogP) is 5.74. The second kappa shape index (κ2) is 7.50. The van der Waals surface area contributed by atoms with Crippen LogP contribution >= 0.6 is 0 Å². The van der Waals surface area contributed by atoms with Crippen molar-refractivity contribution in [2.75, 3.05) is 10.6 Å². The molecule has 28 heavy (non-hydrogen) atoms. The Labute approximate surface area is 166 Å². The van der Waals surface area contributed by atoms with E-state index >= 15 is 0 Å². The molecular formula is C23H28N4O. The molecule has 0 radical (unpaired) electrons. The van der Waals surface area contributed by atoms with Crippen LogP contribution in [0.15, 0.2) is 48.5 Å². The van der Waals surface area contributed by atoms with Gasteiger partial charge in [-0.1, -0.05) is 44.5 Å². The molecule has 0 aliphatic rings. The zero-order valence-corrected chi connectivity index (χ0v) is 17.4. The number of nitrogens with one attached hydrogen (secondary N) is 2. The second-order valence-corrected chi connectivity index (χ2v) is 8.29. The molecule has 0 saturated heterocycles. The highest BCUT2D eigenvalue weighted by Crippen LogP contribution is 2.26. The fourth-order valence-corrected chi connectivity index (χ4v) is 2.82. The van der Waals surface area contributed by atoms with Crippen LogP contribution in [0.1, 0.15) is 43.2 Å². The highest BCUT2D eigenvalue weighted by molar-refractivity contribution is 5.99. The van der Waals surface area contributed by atoms with Crippen LogP contribution in [0.2, 0.25) is 0 Å². The van der Waals surface area contributed by atoms with Gasteiger partial charge in [0.05, 0.1) is 11.4 Å². The Hall–Kier alpha value is -3.08. The van der Waals surface area contributed by atoms with Gasteiger partial charge in [-0.2, -0.15) is 5.10 Å². The number of hydrogen-bond acceptors (Lipinski definition) is 2. The smallest absolute Gasteiger partial charge is 0.308 e. The number of carbonyl (C=O) groups is 1. The Morgan fingerprint density at radius 1 is 0.893 bits per heavy atom. The molecule has 2 N–H and O–H groups in total. The van der Waals surface area contributed by atoms with E-state index in [0.29, 0.717) is 5.82 Å². The minimum atomic E-state index is -0.294. The van der Waals surface area contributed by atoms with Crippen molar-refractivity contribution in [1.82, 2.24) is 9.78 Å². The van der Waals surface area contributed by atoms with Gasteiger partial charge in [-0.15, -0.1) is 0 Å². The third-order valence-electron chi connectivity index (χ3n) is 4.76. The summed E-state index contributed by atoms with van der Waals surface area (Å²) in [6, 6.07) is 15.6. The largest absolute Gasteiger partial charge is 0.324 e. The normalized spacial score (nSPS) is 11.4. The number of aryl methyl sites for hydroxylation is 3. The number of nitrogens with zero attached hydrogens (tertiary/aromatic N) is 2. The van der Waals surface area contributed by atoms with Crippen LogP contribution in [0.25, 0.3) is 5.69 Å². The summed E-state index contributed by atoms with van der Waals surface area (Å²) in [7, 11) is 0. The van der Waals surface area contributed by atoms with Gasteiger partial charge in [0.15, 0.2) is 0 Å². The molecule has 0 atom stereocenters. The number of anilines is 2. The quantitative estimate of drug-likeness (QED) is 0.612. The summed E-state index contributed by atoms with van der Waals surface area (Å²) < 4.78 is 1.78. The highest BCUT2D eigenvalue weighted by atomic mass is 16.2. The van der Waals surface area contributed by atoms with Gasteiger partial charge in [0, 0.05) is 17.2 Å². The first-order valence-electron chi connectivity index (χ1n) is 9.46. The highest BCUT2D eigenvalue weighted by Gasteiger charge is 2.21. The Morgan fingerprint density at radius 3 is 2.18 bits per heavy atom. The van der Waals surface area contributed by atoms with Crippen molar-refractivity contribution in [1.29, 1.82) is 0 Å². The van der Waals surface area contributed by atoms with E-state index in [4.69, 9.17) is 5.10 Å². The van der Waals surface area contributed by atoms with Crippen LogP contribution in [0.3, 0.4) is 0 Å². The van der Waals surface area contributed by atoms with E-state index in [1.54, 1.807) is 4.68 Å². The standard InChI is InChI=1S/C23H28N4O/c1-15-7-11-19(12-8-15)27-21(14-20(26-27)23(4,5)6)25-22(28)24-18-10-9-16(2)17(3)13-18/h7-14H,1-6H3,(H2,24,25,28). The van der Waals surface area contributed by atoms with Gasteiger partial charge in [0.1, 0.15) is 5.82 Å². The average molecular weight is 377 g/mol. The van der Waals surface area contributed by atoms with Gasteiger partial charge in [0.2, 0.25) is 0 Å². The molecule has 0 spiro atoms. The minimum Gasteiger partial charge on any atom is -0.308 e. The summed E-state index contributed by atoms with van der Waals surface area (Å²) in [5.74, 6) is 0.634. The molecule has 5 heteroatoms. The summed E-state index contributed by atoms with van der Waals surface area (Å²) in [6.45, 7) is 12.4. The molecule has 2 amide bonds. The monoisotopic (exact) mass is 376 g/mol. The molecule has 0 unspecified atom stereocenters. The summed E-state index contributed by atoms with van der Waals surface area (Å²) in [6.07, 6.45) is 0. The lowest BCUT2D eigenvalue weighted by molar-refractivity contribution is 0.262. The van der Waals surface area contributed by atoms with Crippen LogP contribution in [0.4, 0.5) is 16.3 Å². The molecule has 5 nitrogen and oxygen atoms in total. The number of aromatic nitrogens is 2. The fourth-order valence-electron chi connectivity index (χ4n) is 2.82. The second-order valence-electron chi connectivity index (χ2n) is 8.29. The van der Waals surface area contributed by atoms with Gasteiger partial charge in [-0.3, -0.25) is 5.32 Å². The van der Waals surface area contributed by atoms with E-state index in [1.807, 2.05) is 69.3 Å². The number of benzene rings is 2. The first kappa shape index (κ1) is 19.7. The van der Waals surface area contributed by atoms with Crippen LogP contribution < -0.4 is 10.6 Å². The van der Waals surface area contributed by atoms with Crippen molar-refractivity contribution in [3.63, 3.8) is 0 Å². The molecule has 146 valence electrons. The van der Waals surface area contributed by atoms with Crippen molar-refractivity contribution in [2.24, 2.45) is 0 Å². The van der Waals surface area contributed by atoms with Gasteiger partial charge in [0.25, 0.3) is 0 Å². The summed E-state index contributed by atoms with van der Waals surface area (Å²) in [5, 5.41) is 10.6. The molecule has 0 fully saturated rings. The van der Waals surface area contributed by atoms with Crippen LogP contribution in [-0.2, 0) is 5.41 Å². The van der Waals surface area contributed by atoms with E-state index in [9.17, 15) is 4.79 Å². The maximum absolute atomic E-state index is 12.6. The molecular weight excluding hydrogens is 348 g/mol. The summed E-state index contributed by atoms with van der Waals surface area (Å²) >= 11 is 0. The number of hydrogen-bond donors (Lipinski definition) is 2. The zero-order chi connectivity index (χ0) is 20.5. The molecule has 2 aromatic carbocycles. The fraction of sp³-hybridized carbons (Fsp3) is 0.304. The number of rotatable bonds is 3. The molecule has 0 aliphatic heterocycles. The van der Waals surface area contributed by atoms with E-state index in [1.165, 1.54) is 11.1 Å². The SMILES string of the molecule is Cc1ccc(-n2nc(C(C)(C)C)cc2NC(=O)Nc2ccc(C)c(C)c2)cc1. The van der Waals surface area contributed by atoms with E-state index < -0.39 is 0 Å². The van der Waals surface area contributed by atoms with Crippen molar-refractivity contribution in [3.8, 4) is 5.69 Å². The first-order valence-corrected chi connectivity index (χ1v) is 9.46. The van der Waals surface area contributed by atoms with Gasteiger partial charge in [-0.25, -0.2) is 9.48 Å². The lowest BCUT2D eigenvalue weighted by Gasteiger charge is -2.14. The molecule has 1 heterocycles. The zero-order valence-electron chi connectivity index (χ0n) is 17.4. The van der Waals surface area contributed by atoms with Crippen LogP contribution in [0.5, 0.6) is 0 Å². The van der Waals surface area contributed by atoms with Crippen LogP contribution in [-0.4, -0.2) is 15.8 Å². The lowest BCUT2D eigenvalue weighted by Crippen LogP contribution is -2.21. The number of urea groups is 1. The van der Waals surface area contributed by atoms with Crippen molar-refractivity contribution in [3.05, 3.63) is 70.9 Å². The molecule has 0 bridgehead atoms.